The Bertz CT molecular complexity index is 364. The number of nitrogens with zero attached hydrogens (tertiary/aromatic N) is 3. The molecule has 2 rings (SSSR count). The molecule has 0 bridgehead atoms. The molecular formula is C13H24N4O. The Morgan fingerprint density at radius 3 is 3.06 bits per heavy atom. The Morgan fingerprint density at radius 1 is 1.44 bits per heavy atom. The lowest BCUT2D eigenvalue weighted by molar-refractivity contribution is 0.253. The molecule has 5 heteroatoms. The lowest BCUT2D eigenvalue weighted by Gasteiger charge is -2.20. The summed E-state index contributed by atoms with van der Waals surface area (Å²) in [4.78, 5) is 6.77. The molecule has 0 amide bonds. The highest BCUT2D eigenvalue weighted by Gasteiger charge is 2.17. The molecule has 0 radical (unpaired) electrons. The quantitative estimate of drug-likeness (QED) is 0.881. The Balaban J connectivity index is 1.89. The maximum Gasteiger partial charge on any atom is 0.226 e. The number of aromatic nitrogens is 2. The zero-order chi connectivity index (χ0) is 13.0. The maximum atomic E-state index is 6.04. The van der Waals surface area contributed by atoms with Crippen molar-refractivity contribution in [2.75, 3.05) is 13.1 Å². The van der Waals surface area contributed by atoms with E-state index in [-0.39, 0.29) is 6.04 Å². The topological polar surface area (TPSA) is 68.2 Å². The lowest BCUT2D eigenvalue weighted by Crippen LogP contribution is -2.35. The molecule has 1 aliphatic rings. The van der Waals surface area contributed by atoms with E-state index in [2.05, 4.69) is 28.9 Å². The average molecular weight is 252 g/mol. The van der Waals surface area contributed by atoms with Crippen molar-refractivity contribution < 1.29 is 4.52 Å². The first-order valence-electron chi connectivity index (χ1n) is 6.93. The Kier molecular flexibility index (Phi) is 4.72. The smallest absolute Gasteiger partial charge is 0.226 e. The van der Waals surface area contributed by atoms with Gasteiger partial charge in [-0.25, -0.2) is 0 Å². The summed E-state index contributed by atoms with van der Waals surface area (Å²) in [5.74, 6) is 2.09. The van der Waals surface area contributed by atoms with E-state index in [1.165, 1.54) is 12.8 Å². The minimum atomic E-state index is 0.287. The summed E-state index contributed by atoms with van der Waals surface area (Å²) in [5.41, 5.74) is 6.04. The van der Waals surface area contributed by atoms with Crippen LogP contribution in [0.3, 0.4) is 0 Å². The van der Waals surface area contributed by atoms with Gasteiger partial charge in [0.1, 0.15) is 0 Å². The molecule has 2 N–H and O–H groups in total. The second-order valence-corrected chi connectivity index (χ2v) is 5.69. The summed E-state index contributed by atoms with van der Waals surface area (Å²) in [6.45, 7) is 7.08. The summed E-state index contributed by atoms with van der Waals surface area (Å²) in [5, 5.41) is 4.05. The van der Waals surface area contributed by atoms with E-state index in [1.807, 2.05) is 0 Å². The van der Waals surface area contributed by atoms with Crippen LogP contribution in [0.5, 0.6) is 0 Å². The van der Waals surface area contributed by atoms with Gasteiger partial charge in [0.25, 0.3) is 0 Å². The van der Waals surface area contributed by atoms with Gasteiger partial charge < -0.3 is 10.3 Å². The highest BCUT2D eigenvalue weighted by atomic mass is 16.5. The van der Waals surface area contributed by atoms with Gasteiger partial charge in [0, 0.05) is 19.0 Å². The Hall–Kier alpha value is -0.940. The molecule has 2 heterocycles. The van der Waals surface area contributed by atoms with E-state index < -0.39 is 0 Å². The summed E-state index contributed by atoms with van der Waals surface area (Å²) >= 11 is 0. The van der Waals surface area contributed by atoms with Crippen LogP contribution in [-0.2, 0) is 13.0 Å². The van der Waals surface area contributed by atoms with Gasteiger partial charge in [0.15, 0.2) is 5.82 Å². The predicted octanol–water partition coefficient (Wildman–Crippen LogP) is 1.58. The summed E-state index contributed by atoms with van der Waals surface area (Å²) < 4.78 is 5.26. The van der Waals surface area contributed by atoms with Crippen LogP contribution in [0.2, 0.25) is 0 Å². The zero-order valence-electron chi connectivity index (χ0n) is 11.4. The molecule has 1 unspecified atom stereocenters. The maximum absolute atomic E-state index is 6.04. The zero-order valence-corrected chi connectivity index (χ0v) is 11.4. The van der Waals surface area contributed by atoms with E-state index in [0.29, 0.717) is 5.92 Å². The highest BCUT2D eigenvalue weighted by Crippen LogP contribution is 2.12. The summed E-state index contributed by atoms with van der Waals surface area (Å²) in [6, 6.07) is 0.287. The molecule has 0 saturated carbocycles. The monoisotopic (exact) mass is 252 g/mol. The average Bonchev–Trinajstić information content (AvgIpc) is 2.59. The van der Waals surface area contributed by atoms with Crippen molar-refractivity contribution >= 4 is 0 Å². The molecule has 102 valence electrons. The van der Waals surface area contributed by atoms with Crippen LogP contribution >= 0.6 is 0 Å². The number of nitrogens with two attached hydrogens (primary N) is 1. The van der Waals surface area contributed by atoms with Crippen LogP contribution in [-0.4, -0.2) is 34.2 Å². The Labute approximate surface area is 109 Å². The van der Waals surface area contributed by atoms with Crippen molar-refractivity contribution in [1.82, 2.24) is 15.0 Å². The minimum absolute atomic E-state index is 0.287. The molecule has 1 saturated heterocycles. The number of hydrogen-bond acceptors (Lipinski definition) is 5. The third-order valence-electron chi connectivity index (χ3n) is 3.25. The molecule has 1 aliphatic heterocycles. The summed E-state index contributed by atoms with van der Waals surface area (Å²) in [7, 11) is 0. The lowest BCUT2D eigenvalue weighted by atomic mass is 10.1. The highest BCUT2D eigenvalue weighted by molar-refractivity contribution is 4.88. The van der Waals surface area contributed by atoms with Gasteiger partial charge in [-0.15, -0.1) is 0 Å². The Morgan fingerprint density at radius 2 is 2.28 bits per heavy atom. The largest absolute Gasteiger partial charge is 0.339 e. The second-order valence-electron chi connectivity index (χ2n) is 5.69. The van der Waals surface area contributed by atoms with Crippen LogP contribution in [0, 0.1) is 5.92 Å². The standard InChI is InChI=1S/C13H24N4O/c1-10(2)7-13-15-12(16-18-13)9-17-6-4-3-5-11(14)8-17/h10-11H,3-9,14H2,1-2H3. The van der Waals surface area contributed by atoms with Crippen molar-refractivity contribution in [3.8, 4) is 0 Å². The van der Waals surface area contributed by atoms with Crippen LogP contribution in [0.4, 0.5) is 0 Å². The molecule has 1 atom stereocenters. The molecule has 1 fully saturated rings. The van der Waals surface area contributed by atoms with Gasteiger partial charge in [-0.05, 0) is 25.3 Å². The molecule has 0 spiro atoms. The SMILES string of the molecule is CC(C)Cc1nc(CN2CCCCC(N)C2)no1. The van der Waals surface area contributed by atoms with Crippen LogP contribution in [0.1, 0.15) is 44.8 Å². The molecule has 1 aromatic heterocycles. The van der Waals surface area contributed by atoms with E-state index in [4.69, 9.17) is 10.3 Å². The van der Waals surface area contributed by atoms with Crippen molar-refractivity contribution in [2.24, 2.45) is 11.7 Å². The van der Waals surface area contributed by atoms with E-state index in [1.54, 1.807) is 0 Å². The van der Waals surface area contributed by atoms with Crippen LogP contribution in [0.15, 0.2) is 4.52 Å². The fourth-order valence-corrected chi connectivity index (χ4v) is 2.39. The first-order chi connectivity index (χ1) is 8.63. The van der Waals surface area contributed by atoms with Crippen LogP contribution < -0.4 is 5.73 Å². The molecule has 1 aromatic rings. The van der Waals surface area contributed by atoms with Crippen molar-refractivity contribution in [3.63, 3.8) is 0 Å². The molecular weight excluding hydrogens is 228 g/mol. The van der Waals surface area contributed by atoms with E-state index >= 15 is 0 Å². The number of rotatable bonds is 4. The fraction of sp³-hybridized carbons (Fsp3) is 0.846. The minimum Gasteiger partial charge on any atom is -0.339 e. The fourth-order valence-electron chi connectivity index (χ4n) is 2.39. The normalized spacial score (nSPS) is 22.3. The van der Waals surface area contributed by atoms with Crippen LogP contribution in [0.25, 0.3) is 0 Å². The van der Waals surface area contributed by atoms with Gasteiger partial charge in [-0.1, -0.05) is 25.4 Å². The van der Waals surface area contributed by atoms with Gasteiger partial charge in [0.05, 0.1) is 6.54 Å². The van der Waals surface area contributed by atoms with Crippen molar-refractivity contribution in [2.45, 2.75) is 52.1 Å². The number of hydrogen-bond donors (Lipinski definition) is 1. The van der Waals surface area contributed by atoms with Gasteiger partial charge in [0.2, 0.25) is 5.89 Å². The van der Waals surface area contributed by atoms with E-state index in [0.717, 1.165) is 44.2 Å². The van der Waals surface area contributed by atoms with Gasteiger partial charge in [-0.2, -0.15) is 4.98 Å². The first-order valence-corrected chi connectivity index (χ1v) is 6.93. The van der Waals surface area contributed by atoms with Crippen molar-refractivity contribution in [3.05, 3.63) is 11.7 Å². The van der Waals surface area contributed by atoms with Gasteiger partial charge in [-0.3, -0.25) is 4.90 Å². The summed E-state index contributed by atoms with van der Waals surface area (Å²) in [6.07, 6.45) is 4.42. The number of likely N-dealkylation sites (tertiary alicyclic amines) is 1. The second kappa shape index (κ2) is 6.29. The first kappa shape index (κ1) is 13.5. The van der Waals surface area contributed by atoms with Crippen molar-refractivity contribution in [1.29, 1.82) is 0 Å². The van der Waals surface area contributed by atoms with E-state index in [9.17, 15) is 0 Å². The third-order valence-corrected chi connectivity index (χ3v) is 3.25. The molecule has 18 heavy (non-hydrogen) atoms. The molecule has 0 aliphatic carbocycles. The third kappa shape index (κ3) is 4.07. The van der Waals surface area contributed by atoms with Gasteiger partial charge >= 0.3 is 0 Å². The molecule has 0 aromatic carbocycles. The predicted molar refractivity (Wildman–Crippen MR) is 69.9 cm³/mol. The molecule has 5 nitrogen and oxygen atoms in total.